The summed E-state index contributed by atoms with van der Waals surface area (Å²) in [6, 6.07) is 9.50. The average Bonchev–Trinajstić information content (AvgIpc) is 2.40. The van der Waals surface area contributed by atoms with Crippen LogP contribution in [0, 0.1) is 0 Å². The predicted molar refractivity (Wildman–Crippen MR) is 84.4 cm³/mol. The average molecular weight is 370 g/mol. The van der Waals surface area contributed by atoms with Crippen LogP contribution in [0.5, 0.6) is 0 Å². The van der Waals surface area contributed by atoms with Crippen LogP contribution in [0.3, 0.4) is 0 Å². The maximum absolute atomic E-state index is 11.1. The van der Waals surface area contributed by atoms with Gasteiger partial charge in [-0.2, -0.15) is 0 Å². The highest BCUT2D eigenvalue weighted by Crippen LogP contribution is 2.26. The Morgan fingerprint density at radius 2 is 1.71 bits per heavy atom. The van der Waals surface area contributed by atoms with Gasteiger partial charge in [0.25, 0.3) is 0 Å². The minimum atomic E-state index is -1.10. The second-order valence-electron chi connectivity index (χ2n) is 4.18. The van der Waals surface area contributed by atoms with Crippen molar-refractivity contribution in [1.29, 1.82) is 0 Å². The third kappa shape index (κ3) is 3.53. The first-order chi connectivity index (χ1) is 9.88. The summed E-state index contributed by atoms with van der Waals surface area (Å²) in [7, 11) is 0. The Labute approximate surface area is 133 Å². The van der Waals surface area contributed by atoms with E-state index in [-0.39, 0.29) is 10.6 Å². The predicted octanol–water partition coefficient (Wildman–Crippen LogP) is 3.64. The Bertz CT molecular complexity index is 734. The molecule has 0 bridgehead atoms. The number of hydrogen-bond acceptors (Lipinski definition) is 3. The fourth-order valence-corrected chi connectivity index (χ4v) is 2.50. The van der Waals surface area contributed by atoms with Crippen molar-refractivity contribution in [3.05, 3.63) is 57.0 Å². The number of nitrogens with one attached hydrogen (secondary N) is 1. The lowest BCUT2D eigenvalue weighted by Crippen LogP contribution is -2.11. The number of primary amides is 1. The van der Waals surface area contributed by atoms with Crippen LogP contribution < -0.4 is 11.1 Å². The van der Waals surface area contributed by atoms with E-state index >= 15 is 0 Å². The smallest absolute Gasteiger partial charge is 0.337 e. The largest absolute Gasteiger partial charge is 0.478 e. The van der Waals surface area contributed by atoms with E-state index in [1.165, 1.54) is 12.1 Å². The maximum atomic E-state index is 11.1. The van der Waals surface area contributed by atoms with Crippen molar-refractivity contribution in [3.63, 3.8) is 0 Å². The molecule has 0 atom stereocenters. The molecule has 0 unspecified atom stereocenters. The summed E-state index contributed by atoms with van der Waals surface area (Å²) in [4.78, 5) is 22.2. The minimum Gasteiger partial charge on any atom is -0.478 e. The van der Waals surface area contributed by atoms with Crippen LogP contribution in [-0.4, -0.2) is 17.0 Å². The van der Waals surface area contributed by atoms with Crippen molar-refractivity contribution in [2.45, 2.75) is 0 Å². The molecule has 0 fully saturated rings. The SMILES string of the molecule is NC(=O)c1ccc(Nc2ccc(Cl)c(C(=O)O)c2)cc1Br. The molecule has 1 amide bonds. The number of halogens is 2. The lowest BCUT2D eigenvalue weighted by Gasteiger charge is -2.10. The van der Waals surface area contributed by atoms with Crippen LogP contribution >= 0.6 is 27.5 Å². The van der Waals surface area contributed by atoms with Crippen LogP contribution in [-0.2, 0) is 0 Å². The molecule has 0 spiro atoms. The molecule has 21 heavy (non-hydrogen) atoms. The summed E-state index contributed by atoms with van der Waals surface area (Å²) in [5.74, 6) is -1.64. The number of benzene rings is 2. The van der Waals surface area contributed by atoms with Gasteiger partial charge in [0.05, 0.1) is 16.1 Å². The van der Waals surface area contributed by atoms with Gasteiger partial charge in [0.2, 0.25) is 5.91 Å². The van der Waals surface area contributed by atoms with Crippen molar-refractivity contribution in [2.24, 2.45) is 5.73 Å². The number of amides is 1. The van der Waals surface area contributed by atoms with Crippen LogP contribution in [0.1, 0.15) is 20.7 Å². The quantitative estimate of drug-likeness (QED) is 0.767. The number of rotatable bonds is 4. The molecule has 0 aliphatic rings. The number of carbonyl (C=O) groups is 2. The second kappa shape index (κ2) is 6.15. The van der Waals surface area contributed by atoms with Crippen LogP contribution in [0.4, 0.5) is 11.4 Å². The number of aromatic carboxylic acids is 1. The van der Waals surface area contributed by atoms with Gasteiger partial charge in [0.15, 0.2) is 0 Å². The zero-order valence-electron chi connectivity index (χ0n) is 10.6. The van der Waals surface area contributed by atoms with Gasteiger partial charge >= 0.3 is 5.97 Å². The third-order valence-corrected chi connectivity index (χ3v) is 3.71. The molecule has 0 radical (unpaired) electrons. The number of carboxylic acids is 1. The van der Waals surface area contributed by atoms with Gasteiger partial charge in [0, 0.05) is 15.8 Å². The van der Waals surface area contributed by atoms with E-state index in [4.69, 9.17) is 22.4 Å². The van der Waals surface area contributed by atoms with Gasteiger partial charge in [-0.1, -0.05) is 11.6 Å². The topological polar surface area (TPSA) is 92.4 Å². The molecule has 2 aromatic rings. The van der Waals surface area contributed by atoms with E-state index in [2.05, 4.69) is 21.2 Å². The monoisotopic (exact) mass is 368 g/mol. The van der Waals surface area contributed by atoms with Crippen molar-refractivity contribution < 1.29 is 14.7 Å². The molecule has 4 N–H and O–H groups in total. The van der Waals surface area contributed by atoms with Gasteiger partial charge in [-0.15, -0.1) is 0 Å². The lowest BCUT2D eigenvalue weighted by molar-refractivity contribution is 0.0697. The molecule has 108 valence electrons. The third-order valence-electron chi connectivity index (χ3n) is 2.72. The van der Waals surface area contributed by atoms with Gasteiger partial charge < -0.3 is 16.2 Å². The van der Waals surface area contributed by atoms with E-state index in [1.807, 2.05) is 0 Å². The van der Waals surface area contributed by atoms with Crippen LogP contribution in [0.2, 0.25) is 5.02 Å². The first-order valence-corrected chi connectivity index (χ1v) is 6.95. The molecule has 5 nitrogen and oxygen atoms in total. The van der Waals surface area contributed by atoms with Crippen LogP contribution in [0.25, 0.3) is 0 Å². The Kier molecular flexibility index (Phi) is 4.50. The van der Waals surface area contributed by atoms with Gasteiger partial charge in [-0.3, -0.25) is 4.79 Å². The number of anilines is 2. The summed E-state index contributed by atoms with van der Waals surface area (Å²) in [5.41, 5.74) is 6.83. The van der Waals surface area contributed by atoms with Gasteiger partial charge in [-0.05, 0) is 52.3 Å². The van der Waals surface area contributed by atoms with E-state index < -0.39 is 11.9 Å². The summed E-state index contributed by atoms with van der Waals surface area (Å²) in [5, 5.41) is 12.2. The molecule has 0 heterocycles. The normalized spacial score (nSPS) is 10.2. The van der Waals surface area contributed by atoms with Gasteiger partial charge in [0.1, 0.15) is 0 Å². The molecule has 2 aromatic carbocycles. The highest BCUT2D eigenvalue weighted by molar-refractivity contribution is 9.10. The molecular weight excluding hydrogens is 360 g/mol. The summed E-state index contributed by atoms with van der Waals surface area (Å²) in [6.07, 6.45) is 0. The molecule has 0 aliphatic heterocycles. The van der Waals surface area contributed by atoms with Gasteiger partial charge in [-0.25, -0.2) is 4.79 Å². The van der Waals surface area contributed by atoms with E-state index in [0.29, 0.717) is 21.4 Å². The fourth-order valence-electron chi connectivity index (χ4n) is 1.73. The fraction of sp³-hybridized carbons (Fsp3) is 0. The van der Waals surface area contributed by atoms with E-state index in [1.54, 1.807) is 24.3 Å². The lowest BCUT2D eigenvalue weighted by atomic mass is 10.1. The number of hydrogen-bond donors (Lipinski definition) is 3. The number of nitrogens with two attached hydrogens (primary N) is 1. The van der Waals surface area contributed by atoms with Crippen molar-refractivity contribution in [1.82, 2.24) is 0 Å². The number of carboxylic acid groups (broad SMARTS) is 1. The highest BCUT2D eigenvalue weighted by Gasteiger charge is 2.10. The first-order valence-electron chi connectivity index (χ1n) is 5.77. The number of carbonyl (C=O) groups excluding carboxylic acids is 1. The molecule has 0 aromatic heterocycles. The Balaban J connectivity index is 2.30. The summed E-state index contributed by atoms with van der Waals surface area (Å²) in [6.45, 7) is 0. The van der Waals surface area contributed by atoms with Crippen molar-refractivity contribution in [2.75, 3.05) is 5.32 Å². The van der Waals surface area contributed by atoms with Crippen LogP contribution in [0.15, 0.2) is 40.9 Å². The second-order valence-corrected chi connectivity index (χ2v) is 5.45. The molecule has 0 aliphatic carbocycles. The maximum Gasteiger partial charge on any atom is 0.337 e. The highest BCUT2D eigenvalue weighted by atomic mass is 79.9. The summed E-state index contributed by atoms with van der Waals surface area (Å²) < 4.78 is 0.549. The zero-order valence-corrected chi connectivity index (χ0v) is 12.9. The van der Waals surface area contributed by atoms with Crippen molar-refractivity contribution in [3.8, 4) is 0 Å². The Morgan fingerprint density at radius 1 is 1.10 bits per heavy atom. The first kappa shape index (κ1) is 15.3. The van der Waals surface area contributed by atoms with E-state index in [9.17, 15) is 9.59 Å². The molecule has 0 saturated heterocycles. The Hall–Kier alpha value is -2.05. The summed E-state index contributed by atoms with van der Waals surface area (Å²) >= 11 is 9.06. The Morgan fingerprint density at radius 3 is 2.29 bits per heavy atom. The molecule has 0 saturated carbocycles. The molecule has 2 rings (SSSR count). The van der Waals surface area contributed by atoms with Crippen molar-refractivity contribution >= 4 is 50.8 Å². The minimum absolute atomic E-state index is 0.00879. The molecular formula is C14H10BrClN2O3. The zero-order chi connectivity index (χ0) is 15.6. The molecule has 7 heteroatoms. The standard InChI is InChI=1S/C14H10BrClN2O3/c15-11-6-8(1-3-9(11)13(17)19)18-7-2-4-12(16)10(5-7)14(20)21/h1-6,18H,(H2,17,19)(H,20,21). The van der Waals surface area contributed by atoms with E-state index in [0.717, 1.165) is 0 Å².